The molecule has 140 valence electrons. The third-order valence-corrected chi connectivity index (χ3v) is 5.43. The van der Waals surface area contributed by atoms with E-state index in [4.69, 9.17) is 0 Å². The summed E-state index contributed by atoms with van der Waals surface area (Å²) < 4.78 is 2.23. The van der Waals surface area contributed by atoms with Crippen LogP contribution < -0.4 is 0 Å². The van der Waals surface area contributed by atoms with E-state index < -0.39 is 6.10 Å². The standard InChI is InChI=1S/C22H26N4O/c27-22(20-8-4-5-11-23-20)19-9-13-25(14-10-19)17-21-24-12-15-26(21)16-18-6-2-1-3-7-18/h1-8,11-12,15,19,22,27H,9-10,13-14,16-17H2/t22-/m0/s1. The maximum atomic E-state index is 10.6. The van der Waals surface area contributed by atoms with Crippen molar-refractivity contribution in [2.75, 3.05) is 13.1 Å². The highest BCUT2D eigenvalue weighted by Gasteiger charge is 2.27. The lowest BCUT2D eigenvalue weighted by atomic mass is 9.89. The van der Waals surface area contributed by atoms with Gasteiger partial charge in [0.15, 0.2) is 0 Å². The third kappa shape index (κ3) is 4.43. The summed E-state index contributed by atoms with van der Waals surface area (Å²) >= 11 is 0. The number of hydrogen-bond donors (Lipinski definition) is 1. The molecule has 1 N–H and O–H groups in total. The van der Waals surface area contributed by atoms with Crippen LogP contribution in [0.2, 0.25) is 0 Å². The van der Waals surface area contributed by atoms with Gasteiger partial charge in [-0.25, -0.2) is 4.98 Å². The Morgan fingerprint density at radius 1 is 0.926 bits per heavy atom. The van der Waals surface area contributed by atoms with Crippen LogP contribution in [-0.4, -0.2) is 37.6 Å². The first-order valence-corrected chi connectivity index (χ1v) is 9.65. The summed E-state index contributed by atoms with van der Waals surface area (Å²) in [4.78, 5) is 11.3. The molecule has 1 saturated heterocycles. The first-order chi connectivity index (χ1) is 13.3. The molecule has 3 heterocycles. The van der Waals surface area contributed by atoms with Crippen molar-refractivity contribution in [3.05, 3.63) is 84.2 Å². The van der Waals surface area contributed by atoms with Gasteiger partial charge in [-0.15, -0.1) is 0 Å². The molecular formula is C22H26N4O. The van der Waals surface area contributed by atoms with Gasteiger partial charge in [-0.2, -0.15) is 0 Å². The molecule has 0 radical (unpaired) electrons. The molecule has 1 aromatic carbocycles. The second-order valence-corrected chi connectivity index (χ2v) is 7.27. The molecule has 0 amide bonds. The van der Waals surface area contributed by atoms with Gasteiger partial charge >= 0.3 is 0 Å². The van der Waals surface area contributed by atoms with Crippen molar-refractivity contribution in [2.24, 2.45) is 5.92 Å². The summed E-state index contributed by atoms with van der Waals surface area (Å²) in [5.41, 5.74) is 2.07. The molecule has 0 unspecified atom stereocenters. The Hall–Kier alpha value is -2.50. The zero-order valence-corrected chi connectivity index (χ0v) is 15.5. The number of pyridine rings is 1. The average molecular weight is 362 g/mol. The lowest BCUT2D eigenvalue weighted by Crippen LogP contribution is -2.36. The highest BCUT2D eigenvalue weighted by molar-refractivity contribution is 5.16. The van der Waals surface area contributed by atoms with Crippen molar-refractivity contribution in [1.82, 2.24) is 19.4 Å². The Morgan fingerprint density at radius 3 is 2.44 bits per heavy atom. The fraction of sp³-hybridized carbons (Fsp3) is 0.364. The number of piperidine rings is 1. The molecule has 1 aliphatic heterocycles. The highest BCUT2D eigenvalue weighted by atomic mass is 16.3. The van der Waals surface area contributed by atoms with Crippen LogP contribution in [0.3, 0.4) is 0 Å². The molecule has 1 fully saturated rings. The van der Waals surface area contributed by atoms with Crippen molar-refractivity contribution in [3.8, 4) is 0 Å². The summed E-state index contributed by atoms with van der Waals surface area (Å²) in [6, 6.07) is 16.2. The van der Waals surface area contributed by atoms with E-state index in [1.54, 1.807) is 6.20 Å². The van der Waals surface area contributed by atoms with Gasteiger partial charge in [0.2, 0.25) is 0 Å². The molecule has 1 aliphatic rings. The minimum atomic E-state index is -0.464. The number of aromatic nitrogens is 3. The maximum absolute atomic E-state index is 10.6. The number of rotatable bonds is 6. The molecule has 3 aromatic rings. The summed E-state index contributed by atoms with van der Waals surface area (Å²) in [6.45, 7) is 3.66. The van der Waals surface area contributed by atoms with Crippen LogP contribution in [0, 0.1) is 5.92 Å². The first-order valence-electron chi connectivity index (χ1n) is 9.65. The molecule has 5 nitrogen and oxygen atoms in total. The van der Waals surface area contributed by atoms with Gasteiger partial charge in [-0.05, 0) is 49.5 Å². The number of likely N-dealkylation sites (tertiary alicyclic amines) is 1. The zero-order valence-electron chi connectivity index (χ0n) is 15.5. The summed E-state index contributed by atoms with van der Waals surface area (Å²) in [6.07, 6.45) is 7.19. The van der Waals surface area contributed by atoms with Gasteiger partial charge in [-0.3, -0.25) is 9.88 Å². The van der Waals surface area contributed by atoms with Crippen LogP contribution in [-0.2, 0) is 13.1 Å². The molecule has 0 aliphatic carbocycles. The number of imidazole rings is 1. The fourth-order valence-corrected chi connectivity index (χ4v) is 3.83. The number of hydrogen-bond acceptors (Lipinski definition) is 4. The Bertz CT molecular complexity index is 826. The average Bonchev–Trinajstić information content (AvgIpc) is 3.16. The van der Waals surface area contributed by atoms with Gasteiger partial charge < -0.3 is 9.67 Å². The molecule has 0 bridgehead atoms. The van der Waals surface area contributed by atoms with Gasteiger partial charge in [-0.1, -0.05) is 36.4 Å². The summed E-state index contributed by atoms with van der Waals surface area (Å²) in [5, 5.41) is 10.6. The molecular weight excluding hydrogens is 336 g/mol. The Labute approximate surface area is 160 Å². The molecule has 2 aromatic heterocycles. The van der Waals surface area contributed by atoms with Crippen molar-refractivity contribution in [2.45, 2.75) is 32.0 Å². The van der Waals surface area contributed by atoms with E-state index in [0.717, 1.165) is 50.5 Å². The Morgan fingerprint density at radius 2 is 1.70 bits per heavy atom. The van der Waals surface area contributed by atoms with Crippen LogP contribution in [0.4, 0.5) is 0 Å². The molecule has 0 saturated carbocycles. The molecule has 1 atom stereocenters. The number of nitrogens with zero attached hydrogens (tertiary/aromatic N) is 4. The lowest BCUT2D eigenvalue weighted by Gasteiger charge is -2.33. The van der Waals surface area contributed by atoms with E-state index >= 15 is 0 Å². The number of aliphatic hydroxyl groups is 1. The summed E-state index contributed by atoms with van der Waals surface area (Å²) in [7, 11) is 0. The van der Waals surface area contributed by atoms with Crippen molar-refractivity contribution < 1.29 is 5.11 Å². The van der Waals surface area contributed by atoms with Crippen molar-refractivity contribution >= 4 is 0 Å². The quantitative estimate of drug-likeness (QED) is 0.731. The highest BCUT2D eigenvalue weighted by Crippen LogP contribution is 2.30. The van der Waals surface area contributed by atoms with E-state index in [1.165, 1.54) is 5.56 Å². The monoisotopic (exact) mass is 362 g/mol. The largest absolute Gasteiger partial charge is 0.387 e. The van der Waals surface area contributed by atoms with Gasteiger partial charge in [0.05, 0.1) is 18.3 Å². The predicted molar refractivity (Wildman–Crippen MR) is 105 cm³/mol. The maximum Gasteiger partial charge on any atom is 0.123 e. The van der Waals surface area contributed by atoms with Crippen LogP contribution in [0.15, 0.2) is 67.1 Å². The Kier molecular flexibility index (Phi) is 5.61. The second-order valence-electron chi connectivity index (χ2n) is 7.27. The predicted octanol–water partition coefficient (Wildman–Crippen LogP) is 3.27. The van der Waals surface area contributed by atoms with E-state index in [2.05, 4.69) is 49.9 Å². The third-order valence-electron chi connectivity index (χ3n) is 5.43. The van der Waals surface area contributed by atoms with Gasteiger partial charge in [0, 0.05) is 25.1 Å². The fourth-order valence-electron chi connectivity index (χ4n) is 3.83. The normalized spacial score (nSPS) is 17.1. The number of aliphatic hydroxyl groups excluding tert-OH is 1. The van der Waals surface area contributed by atoms with E-state index in [1.807, 2.05) is 30.5 Å². The minimum absolute atomic E-state index is 0.278. The molecule has 27 heavy (non-hydrogen) atoms. The van der Waals surface area contributed by atoms with E-state index in [9.17, 15) is 5.11 Å². The van der Waals surface area contributed by atoms with Crippen molar-refractivity contribution in [1.29, 1.82) is 0 Å². The van der Waals surface area contributed by atoms with E-state index in [0.29, 0.717) is 0 Å². The molecule has 5 heteroatoms. The van der Waals surface area contributed by atoms with Crippen LogP contribution in [0.5, 0.6) is 0 Å². The topological polar surface area (TPSA) is 54.2 Å². The SMILES string of the molecule is O[C@H](c1ccccn1)C1CCN(Cc2nccn2Cc2ccccc2)CC1. The van der Waals surface area contributed by atoms with Crippen LogP contribution >= 0.6 is 0 Å². The smallest absolute Gasteiger partial charge is 0.123 e. The van der Waals surface area contributed by atoms with Gasteiger partial charge in [0.1, 0.15) is 5.82 Å². The zero-order chi connectivity index (χ0) is 18.5. The summed E-state index contributed by atoms with van der Waals surface area (Å²) in [5.74, 6) is 1.38. The van der Waals surface area contributed by atoms with Gasteiger partial charge in [0.25, 0.3) is 0 Å². The molecule has 0 spiro atoms. The van der Waals surface area contributed by atoms with Crippen LogP contribution in [0.1, 0.15) is 36.0 Å². The number of benzene rings is 1. The van der Waals surface area contributed by atoms with Crippen molar-refractivity contribution in [3.63, 3.8) is 0 Å². The Balaban J connectivity index is 1.33. The minimum Gasteiger partial charge on any atom is -0.387 e. The van der Waals surface area contributed by atoms with Crippen LogP contribution in [0.25, 0.3) is 0 Å². The van der Waals surface area contributed by atoms with E-state index in [-0.39, 0.29) is 5.92 Å². The lowest BCUT2D eigenvalue weighted by molar-refractivity contribution is 0.0530. The first kappa shape index (κ1) is 17.9. The second kappa shape index (κ2) is 8.46. The molecule has 4 rings (SSSR count).